The fourth-order valence-corrected chi connectivity index (χ4v) is 3.13. The first kappa shape index (κ1) is 22.8. The normalized spacial score (nSPS) is 11.9. The Morgan fingerprint density at radius 1 is 0.897 bits per heavy atom. The monoisotopic (exact) mass is 398 g/mol. The predicted octanol–water partition coefficient (Wildman–Crippen LogP) is 5.54. The van der Waals surface area contributed by atoms with Gasteiger partial charge in [-0.25, -0.2) is 0 Å². The number of aryl methyl sites for hydroxylation is 1. The van der Waals surface area contributed by atoms with Crippen LogP contribution in [0.25, 0.3) is 0 Å². The van der Waals surface area contributed by atoms with E-state index < -0.39 is 0 Å². The van der Waals surface area contributed by atoms with Crippen molar-refractivity contribution in [3.05, 3.63) is 59.2 Å². The summed E-state index contributed by atoms with van der Waals surface area (Å²) in [6.45, 7) is 13.1. The third-order valence-electron chi connectivity index (χ3n) is 4.76. The summed E-state index contributed by atoms with van der Waals surface area (Å²) in [6.07, 6.45) is 0.869. The maximum absolute atomic E-state index is 12.1. The molecule has 4 nitrogen and oxygen atoms in total. The van der Waals surface area contributed by atoms with Crippen LogP contribution < -0.4 is 4.74 Å². The lowest BCUT2D eigenvalue weighted by Crippen LogP contribution is -2.18. The highest BCUT2D eigenvalue weighted by Gasteiger charge is 2.26. The number of hydrogen-bond acceptors (Lipinski definition) is 4. The van der Waals surface area contributed by atoms with Crippen molar-refractivity contribution in [3.8, 4) is 11.5 Å². The van der Waals surface area contributed by atoms with Crippen molar-refractivity contribution in [3.63, 3.8) is 0 Å². The second kappa shape index (κ2) is 9.34. The number of rotatable bonds is 7. The van der Waals surface area contributed by atoms with Gasteiger partial charge in [0.25, 0.3) is 0 Å². The molecule has 0 amide bonds. The first-order valence-corrected chi connectivity index (χ1v) is 10.2. The minimum atomic E-state index is -0.246. The molecule has 0 saturated carbocycles. The smallest absolute Gasteiger partial charge is 0.306 e. The molecule has 0 aliphatic carbocycles. The van der Waals surface area contributed by atoms with E-state index in [0.717, 1.165) is 22.4 Å². The van der Waals surface area contributed by atoms with Gasteiger partial charge in [-0.1, -0.05) is 71.9 Å². The molecule has 29 heavy (non-hydrogen) atoms. The van der Waals surface area contributed by atoms with Gasteiger partial charge in [0.1, 0.15) is 24.7 Å². The van der Waals surface area contributed by atoms with Gasteiger partial charge < -0.3 is 14.6 Å². The fourth-order valence-electron chi connectivity index (χ4n) is 3.13. The van der Waals surface area contributed by atoms with Gasteiger partial charge in [-0.15, -0.1) is 0 Å². The second-order valence-corrected chi connectivity index (χ2v) is 9.42. The van der Waals surface area contributed by atoms with Crippen molar-refractivity contribution in [2.24, 2.45) is 0 Å². The highest BCUT2D eigenvalue weighted by atomic mass is 16.6. The van der Waals surface area contributed by atoms with Crippen molar-refractivity contribution in [2.45, 2.75) is 65.2 Å². The number of ether oxygens (including phenoxy) is 2. The molecule has 0 atom stereocenters. The van der Waals surface area contributed by atoms with Crippen LogP contribution in [-0.4, -0.2) is 24.3 Å². The van der Waals surface area contributed by atoms with Crippen LogP contribution in [0.15, 0.2) is 42.5 Å². The molecule has 0 fully saturated rings. The molecule has 0 unspecified atom stereocenters. The predicted molar refractivity (Wildman–Crippen MR) is 117 cm³/mol. The molecular formula is C25H34O4. The Morgan fingerprint density at radius 3 is 1.97 bits per heavy atom. The van der Waals surface area contributed by atoms with E-state index in [1.54, 1.807) is 0 Å². The van der Waals surface area contributed by atoms with Crippen molar-refractivity contribution < 1.29 is 19.4 Å². The van der Waals surface area contributed by atoms with E-state index in [9.17, 15) is 9.90 Å². The number of aromatic hydroxyl groups is 1. The molecule has 0 radical (unpaired) electrons. The first-order valence-electron chi connectivity index (χ1n) is 10.2. The quantitative estimate of drug-likeness (QED) is 0.491. The van der Waals surface area contributed by atoms with E-state index in [1.807, 2.05) is 42.5 Å². The molecule has 0 saturated heterocycles. The molecule has 2 aromatic rings. The van der Waals surface area contributed by atoms with Crippen molar-refractivity contribution in [1.29, 1.82) is 0 Å². The Morgan fingerprint density at radius 2 is 1.45 bits per heavy atom. The first-order chi connectivity index (χ1) is 13.5. The van der Waals surface area contributed by atoms with E-state index in [4.69, 9.17) is 9.47 Å². The molecule has 4 heteroatoms. The van der Waals surface area contributed by atoms with E-state index >= 15 is 0 Å². The Hall–Kier alpha value is -2.49. The van der Waals surface area contributed by atoms with Crippen molar-refractivity contribution in [2.75, 3.05) is 13.2 Å². The SMILES string of the molecule is CC(C)(C)c1cc(CCC(=O)OCCOc2ccccc2)cc(C(C)(C)C)c1O. The summed E-state index contributed by atoms with van der Waals surface area (Å²) in [5.41, 5.74) is 2.48. The molecule has 0 aliphatic rings. The summed E-state index contributed by atoms with van der Waals surface area (Å²) in [5.74, 6) is 0.871. The molecule has 1 N–H and O–H groups in total. The zero-order valence-corrected chi connectivity index (χ0v) is 18.5. The summed E-state index contributed by atoms with van der Waals surface area (Å²) in [6, 6.07) is 13.5. The summed E-state index contributed by atoms with van der Waals surface area (Å²) in [5, 5.41) is 10.8. The number of carbonyl (C=O) groups is 1. The van der Waals surface area contributed by atoms with Crippen molar-refractivity contribution >= 4 is 5.97 Å². The Balaban J connectivity index is 1.96. The zero-order chi connectivity index (χ0) is 21.7. The summed E-state index contributed by atoms with van der Waals surface area (Å²) < 4.78 is 10.8. The van der Waals surface area contributed by atoms with Crippen LogP contribution in [-0.2, 0) is 26.8 Å². The van der Waals surface area contributed by atoms with Crippen LogP contribution >= 0.6 is 0 Å². The van der Waals surface area contributed by atoms with Gasteiger partial charge in [0.15, 0.2) is 0 Å². The largest absolute Gasteiger partial charge is 0.507 e. The number of carbonyl (C=O) groups excluding carboxylic acids is 1. The fraction of sp³-hybridized carbons (Fsp3) is 0.480. The lowest BCUT2D eigenvalue weighted by molar-refractivity contribution is -0.144. The zero-order valence-electron chi connectivity index (χ0n) is 18.5. The Bertz CT molecular complexity index is 776. The maximum atomic E-state index is 12.1. The van der Waals surface area contributed by atoms with Crippen LogP contribution in [0.3, 0.4) is 0 Å². The molecular weight excluding hydrogens is 364 g/mol. The number of esters is 1. The molecule has 2 rings (SSSR count). The Labute approximate surface area is 174 Å². The van der Waals surface area contributed by atoms with E-state index in [1.165, 1.54) is 0 Å². The topological polar surface area (TPSA) is 55.8 Å². The minimum Gasteiger partial charge on any atom is -0.507 e. The van der Waals surface area contributed by atoms with Crippen LogP contribution in [0.1, 0.15) is 64.7 Å². The molecule has 0 spiro atoms. The summed E-state index contributed by atoms with van der Waals surface area (Å²) in [7, 11) is 0. The highest BCUT2D eigenvalue weighted by Crippen LogP contribution is 2.39. The molecule has 0 heterocycles. The number of benzene rings is 2. The van der Waals surface area contributed by atoms with Crippen molar-refractivity contribution in [1.82, 2.24) is 0 Å². The van der Waals surface area contributed by atoms with Crippen LogP contribution in [0, 0.1) is 0 Å². The lowest BCUT2D eigenvalue weighted by Gasteiger charge is -2.28. The van der Waals surface area contributed by atoms with Gasteiger partial charge in [-0.3, -0.25) is 4.79 Å². The Kier molecular flexibility index (Phi) is 7.34. The standard InChI is InChI=1S/C25H34O4/c1-24(2,3)20-16-18(17-21(23(20)27)25(4,5)6)12-13-22(26)29-15-14-28-19-10-8-7-9-11-19/h7-11,16-17,27H,12-15H2,1-6H3. The number of phenolic OH excluding ortho intramolecular Hbond substituents is 1. The average molecular weight is 399 g/mol. The van der Waals surface area contributed by atoms with E-state index in [2.05, 4.69) is 41.5 Å². The molecule has 0 aliphatic heterocycles. The average Bonchev–Trinajstić information content (AvgIpc) is 2.63. The van der Waals surface area contributed by atoms with Crippen LogP contribution in [0.2, 0.25) is 0 Å². The molecule has 2 aromatic carbocycles. The van der Waals surface area contributed by atoms with Gasteiger partial charge in [0.2, 0.25) is 0 Å². The van der Waals surface area contributed by atoms with Gasteiger partial charge in [0, 0.05) is 6.42 Å². The third-order valence-corrected chi connectivity index (χ3v) is 4.76. The number of phenols is 1. The minimum absolute atomic E-state index is 0.185. The van der Waals surface area contributed by atoms with E-state index in [0.29, 0.717) is 25.2 Å². The van der Waals surface area contributed by atoms with Gasteiger partial charge in [-0.2, -0.15) is 0 Å². The number of hydrogen-bond donors (Lipinski definition) is 1. The molecule has 0 bridgehead atoms. The van der Waals surface area contributed by atoms with Crippen LogP contribution in [0.5, 0.6) is 11.5 Å². The van der Waals surface area contributed by atoms with E-state index in [-0.39, 0.29) is 23.4 Å². The summed E-state index contributed by atoms with van der Waals surface area (Å²) in [4.78, 5) is 12.1. The third kappa shape index (κ3) is 6.81. The number of para-hydroxylation sites is 1. The highest BCUT2D eigenvalue weighted by molar-refractivity contribution is 5.69. The maximum Gasteiger partial charge on any atom is 0.306 e. The lowest BCUT2D eigenvalue weighted by atomic mass is 9.78. The van der Waals surface area contributed by atoms with Gasteiger partial charge >= 0.3 is 5.97 Å². The van der Waals surface area contributed by atoms with Crippen LogP contribution in [0.4, 0.5) is 0 Å². The summed E-state index contributed by atoms with van der Waals surface area (Å²) >= 11 is 0. The molecule has 0 aromatic heterocycles. The van der Waals surface area contributed by atoms with Gasteiger partial charge in [-0.05, 0) is 46.1 Å². The second-order valence-electron chi connectivity index (χ2n) is 9.42. The molecule has 158 valence electrons. The van der Waals surface area contributed by atoms with Gasteiger partial charge in [0.05, 0.1) is 0 Å².